The maximum absolute atomic E-state index is 5.72. The van der Waals surface area contributed by atoms with Crippen LogP contribution in [0.25, 0.3) is 0 Å². The minimum atomic E-state index is 0.199. The van der Waals surface area contributed by atoms with Crippen molar-refractivity contribution in [3.63, 3.8) is 0 Å². The number of benzene rings is 1. The highest BCUT2D eigenvalue weighted by Crippen LogP contribution is 2.27. The molecule has 0 aliphatic carbocycles. The van der Waals surface area contributed by atoms with E-state index in [-0.39, 0.29) is 12.1 Å². The Labute approximate surface area is 164 Å². The normalized spacial score (nSPS) is 12.5. The molecule has 3 rings (SSSR count). The van der Waals surface area contributed by atoms with Crippen molar-refractivity contribution in [2.75, 3.05) is 0 Å². The first-order valence-corrected chi connectivity index (χ1v) is 10.7. The van der Waals surface area contributed by atoms with Gasteiger partial charge in [0.2, 0.25) is 0 Å². The summed E-state index contributed by atoms with van der Waals surface area (Å²) in [4.78, 5) is 6.09. The van der Waals surface area contributed by atoms with Crippen molar-refractivity contribution in [1.29, 1.82) is 0 Å². The molecule has 0 unspecified atom stereocenters. The van der Waals surface area contributed by atoms with Gasteiger partial charge >= 0.3 is 0 Å². The summed E-state index contributed by atoms with van der Waals surface area (Å²) in [5, 5.41) is 9.23. The maximum atomic E-state index is 5.72. The van der Waals surface area contributed by atoms with Crippen molar-refractivity contribution in [2.45, 2.75) is 52.8 Å². The number of rotatable bonds is 8. The lowest BCUT2D eigenvalue weighted by atomic mass is 10.1. The molecule has 2 aromatic heterocycles. The van der Waals surface area contributed by atoms with Gasteiger partial charge in [0.15, 0.2) is 0 Å². The molecule has 0 amide bonds. The Morgan fingerprint density at radius 1 is 1.08 bits per heavy atom. The van der Waals surface area contributed by atoms with Gasteiger partial charge in [0.05, 0.1) is 17.8 Å². The van der Waals surface area contributed by atoms with Crippen LogP contribution in [-0.4, -0.2) is 11.1 Å². The van der Waals surface area contributed by atoms with Crippen molar-refractivity contribution < 1.29 is 4.74 Å². The quantitative estimate of drug-likeness (QED) is 0.540. The van der Waals surface area contributed by atoms with Gasteiger partial charge in [0.25, 0.3) is 0 Å². The average Bonchev–Trinajstić information content (AvgIpc) is 3.22. The molecule has 0 saturated carbocycles. The molecule has 3 aromatic rings. The highest BCUT2D eigenvalue weighted by atomic mass is 32.1. The fourth-order valence-electron chi connectivity index (χ4n) is 2.74. The summed E-state index contributed by atoms with van der Waals surface area (Å²) in [6.07, 6.45) is 1.16. The topological polar surface area (TPSA) is 34.2 Å². The molecule has 0 radical (unpaired) electrons. The fourth-order valence-corrected chi connectivity index (χ4v) is 4.42. The summed E-state index contributed by atoms with van der Waals surface area (Å²) >= 11 is 3.55. The number of aromatic nitrogens is 1. The number of hydrogen-bond acceptors (Lipinski definition) is 5. The Hall–Kier alpha value is -1.69. The van der Waals surface area contributed by atoms with Crippen molar-refractivity contribution in [3.05, 3.63) is 67.8 Å². The zero-order valence-electron chi connectivity index (χ0n) is 15.8. The highest BCUT2D eigenvalue weighted by Gasteiger charge is 2.17. The van der Waals surface area contributed by atoms with E-state index in [1.807, 2.05) is 26.0 Å². The summed E-state index contributed by atoms with van der Waals surface area (Å²) in [5.41, 5.74) is 3.75. The Morgan fingerprint density at radius 2 is 1.85 bits per heavy atom. The van der Waals surface area contributed by atoms with Crippen molar-refractivity contribution in [1.82, 2.24) is 10.3 Å². The predicted molar refractivity (Wildman–Crippen MR) is 111 cm³/mol. The molecule has 0 aliphatic heterocycles. The molecule has 1 N–H and O–H groups in total. The van der Waals surface area contributed by atoms with Gasteiger partial charge in [0, 0.05) is 11.4 Å². The van der Waals surface area contributed by atoms with Gasteiger partial charge in [-0.15, -0.1) is 11.3 Å². The number of thiazole rings is 1. The van der Waals surface area contributed by atoms with Gasteiger partial charge in [-0.2, -0.15) is 11.3 Å². The van der Waals surface area contributed by atoms with Crippen LogP contribution in [0.5, 0.6) is 5.75 Å². The van der Waals surface area contributed by atoms with E-state index in [2.05, 4.69) is 48.1 Å². The molecule has 1 atom stereocenters. The number of aryl methyl sites for hydroxylation is 2. The van der Waals surface area contributed by atoms with E-state index in [1.54, 1.807) is 22.7 Å². The molecular formula is C21H26N2OS2. The molecule has 26 heavy (non-hydrogen) atoms. The third kappa shape index (κ3) is 5.16. The van der Waals surface area contributed by atoms with E-state index in [0.717, 1.165) is 24.4 Å². The Kier molecular flexibility index (Phi) is 6.46. The third-order valence-electron chi connectivity index (χ3n) is 4.21. The number of hydrogen-bond donors (Lipinski definition) is 1. The van der Waals surface area contributed by atoms with Crippen LogP contribution in [0.15, 0.2) is 41.1 Å². The standard InChI is InChI=1S/C21H26N2OS2/c1-14(2)24-19-7-5-17(6-8-19)12-22-20(11-18-9-10-25-13-18)21-23-15(3)16(4)26-21/h5-10,13-14,20,22H,11-12H2,1-4H3/t20-/m0/s1. The first kappa shape index (κ1) is 19.1. The van der Waals surface area contributed by atoms with E-state index < -0.39 is 0 Å². The first-order valence-electron chi connectivity index (χ1n) is 8.95. The summed E-state index contributed by atoms with van der Waals surface area (Å²) in [5.74, 6) is 0.921. The third-order valence-corrected chi connectivity index (χ3v) is 6.13. The van der Waals surface area contributed by atoms with Crippen LogP contribution in [0.2, 0.25) is 0 Å². The molecule has 1 aromatic carbocycles. The van der Waals surface area contributed by atoms with Crippen molar-refractivity contribution in [2.24, 2.45) is 0 Å². The number of ether oxygens (including phenoxy) is 1. The zero-order chi connectivity index (χ0) is 18.5. The molecule has 0 saturated heterocycles. The average molecular weight is 387 g/mol. The van der Waals surface area contributed by atoms with Gasteiger partial charge < -0.3 is 10.1 Å². The van der Waals surface area contributed by atoms with Crippen LogP contribution in [0.4, 0.5) is 0 Å². The monoisotopic (exact) mass is 386 g/mol. The Bertz CT molecular complexity index is 788. The minimum Gasteiger partial charge on any atom is -0.491 e. The second-order valence-electron chi connectivity index (χ2n) is 6.77. The lowest BCUT2D eigenvalue weighted by Crippen LogP contribution is -2.22. The number of thiophene rings is 1. The lowest BCUT2D eigenvalue weighted by Gasteiger charge is -2.17. The second-order valence-corrected chi connectivity index (χ2v) is 8.79. The van der Waals surface area contributed by atoms with Gasteiger partial charge in [-0.25, -0.2) is 4.98 Å². The molecular weight excluding hydrogens is 360 g/mol. The zero-order valence-corrected chi connectivity index (χ0v) is 17.4. The van der Waals surface area contributed by atoms with Gasteiger partial charge in [-0.1, -0.05) is 12.1 Å². The van der Waals surface area contributed by atoms with E-state index in [9.17, 15) is 0 Å². The summed E-state index contributed by atoms with van der Waals surface area (Å²) in [7, 11) is 0. The largest absolute Gasteiger partial charge is 0.491 e. The van der Waals surface area contributed by atoms with Crippen LogP contribution < -0.4 is 10.1 Å². The van der Waals surface area contributed by atoms with E-state index in [4.69, 9.17) is 9.72 Å². The molecule has 0 bridgehead atoms. The Balaban J connectivity index is 1.69. The van der Waals surface area contributed by atoms with E-state index in [0.29, 0.717) is 0 Å². The first-order chi connectivity index (χ1) is 12.5. The lowest BCUT2D eigenvalue weighted by molar-refractivity contribution is 0.242. The summed E-state index contributed by atoms with van der Waals surface area (Å²) < 4.78 is 5.72. The number of nitrogens with one attached hydrogen (secondary N) is 1. The second kappa shape index (κ2) is 8.80. The van der Waals surface area contributed by atoms with Crippen LogP contribution in [0.1, 0.15) is 46.6 Å². The highest BCUT2D eigenvalue weighted by molar-refractivity contribution is 7.11. The molecule has 3 nitrogen and oxygen atoms in total. The predicted octanol–water partition coefficient (Wildman–Crippen LogP) is 5.68. The number of nitrogens with zero attached hydrogens (tertiary/aromatic N) is 1. The van der Waals surface area contributed by atoms with Gasteiger partial charge in [-0.3, -0.25) is 0 Å². The Morgan fingerprint density at radius 3 is 2.42 bits per heavy atom. The van der Waals surface area contributed by atoms with Gasteiger partial charge in [0.1, 0.15) is 10.8 Å². The van der Waals surface area contributed by atoms with Crippen LogP contribution >= 0.6 is 22.7 Å². The van der Waals surface area contributed by atoms with Crippen LogP contribution in [0.3, 0.4) is 0 Å². The molecule has 2 heterocycles. The molecule has 5 heteroatoms. The summed E-state index contributed by atoms with van der Waals surface area (Å²) in [6, 6.07) is 10.8. The van der Waals surface area contributed by atoms with Crippen molar-refractivity contribution >= 4 is 22.7 Å². The summed E-state index contributed by atoms with van der Waals surface area (Å²) in [6.45, 7) is 9.13. The van der Waals surface area contributed by atoms with Crippen molar-refractivity contribution in [3.8, 4) is 5.75 Å². The molecule has 0 fully saturated rings. The van der Waals surface area contributed by atoms with Gasteiger partial charge in [-0.05, 0) is 74.2 Å². The van der Waals surface area contributed by atoms with E-state index in [1.165, 1.54) is 21.0 Å². The van der Waals surface area contributed by atoms with E-state index >= 15 is 0 Å². The molecule has 0 aliphatic rings. The molecule has 138 valence electrons. The van der Waals surface area contributed by atoms with Crippen LogP contribution in [0, 0.1) is 13.8 Å². The SMILES string of the molecule is Cc1nc([C@H](Cc2ccsc2)NCc2ccc(OC(C)C)cc2)sc1C. The fraction of sp³-hybridized carbons (Fsp3) is 0.381. The maximum Gasteiger partial charge on any atom is 0.119 e. The minimum absolute atomic E-state index is 0.199. The molecule has 0 spiro atoms. The van der Waals surface area contributed by atoms with Crippen LogP contribution in [-0.2, 0) is 13.0 Å². The smallest absolute Gasteiger partial charge is 0.119 e.